The highest BCUT2D eigenvalue weighted by atomic mass is 19.4. The van der Waals surface area contributed by atoms with Crippen LogP contribution in [-0.4, -0.2) is 56.9 Å². The molecule has 1 aromatic heterocycles. The SMILES string of the molecule is Cc1cc(F)ccc1C1CN(C(=O)Cc2n[nH]c(=O)[nH]2)CCC1C(=O)N(C)Cc1cc(C(F)(F)F)cc(C(F)(F)F)c1. The molecule has 1 aliphatic heterocycles. The fourth-order valence-corrected chi connectivity index (χ4v) is 5.23. The maximum Gasteiger partial charge on any atom is 0.416 e. The van der Waals surface area contributed by atoms with Crippen LogP contribution < -0.4 is 5.69 Å². The molecule has 2 amide bonds. The van der Waals surface area contributed by atoms with Gasteiger partial charge in [0, 0.05) is 38.5 Å². The number of carbonyl (C=O) groups is 2. The molecule has 15 heteroatoms. The standard InChI is InChI=1S/C27H26F7N5O3/c1-14-7-18(28)3-4-19(14)21-13-39(23(40)11-22-35-25(42)37-36-22)6-5-20(21)24(41)38(2)12-15-8-16(26(29,30)31)10-17(9-15)27(32,33)34/h3-4,7-10,20-21H,5-6,11-13H2,1-2H3,(H2,35,36,37,42). The van der Waals surface area contributed by atoms with Crippen molar-refractivity contribution in [2.45, 2.75) is 44.6 Å². The highest BCUT2D eigenvalue weighted by Crippen LogP contribution is 2.38. The number of halogens is 7. The van der Waals surface area contributed by atoms with E-state index in [1.807, 2.05) is 0 Å². The Morgan fingerprint density at radius 1 is 1.05 bits per heavy atom. The number of H-pyrrole nitrogens is 2. The number of piperidine rings is 1. The molecule has 2 N–H and O–H groups in total. The molecule has 1 aliphatic rings. The van der Waals surface area contributed by atoms with Crippen LogP contribution in [0.5, 0.6) is 0 Å². The first-order valence-electron chi connectivity index (χ1n) is 12.7. The Bertz CT molecular complexity index is 1500. The minimum absolute atomic E-state index is 0.0179. The largest absolute Gasteiger partial charge is 0.416 e. The van der Waals surface area contributed by atoms with E-state index in [1.165, 1.54) is 30.1 Å². The maximum atomic E-state index is 13.9. The molecule has 2 atom stereocenters. The number of aromatic amines is 2. The third kappa shape index (κ3) is 6.99. The molecule has 2 unspecified atom stereocenters. The van der Waals surface area contributed by atoms with E-state index in [2.05, 4.69) is 15.2 Å². The molecule has 2 aromatic carbocycles. The zero-order chi connectivity index (χ0) is 31.0. The fourth-order valence-electron chi connectivity index (χ4n) is 5.23. The molecule has 42 heavy (non-hydrogen) atoms. The number of nitrogens with one attached hydrogen (secondary N) is 2. The van der Waals surface area contributed by atoms with Crippen LogP contribution in [0.3, 0.4) is 0 Å². The Morgan fingerprint density at radius 2 is 1.69 bits per heavy atom. The van der Waals surface area contributed by atoms with Gasteiger partial charge in [0.2, 0.25) is 11.8 Å². The van der Waals surface area contributed by atoms with Crippen LogP contribution in [0, 0.1) is 18.7 Å². The van der Waals surface area contributed by atoms with Gasteiger partial charge in [-0.1, -0.05) is 6.07 Å². The van der Waals surface area contributed by atoms with Gasteiger partial charge in [-0.15, -0.1) is 0 Å². The number of likely N-dealkylation sites (tertiary alicyclic amines) is 1. The number of aryl methyl sites for hydroxylation is 1. The molecule has 2 heterocycles. The highest BCUT2D eigenvalue weighted by Gasteiger charge is 2.40. The van der Waals surface area contributed by atoms with Crippen LogP contribution in [0.2, 0.25) is 0 Å². The molecule has 0 spiro atoms. The van der Waals surface area contributed by atoms with Crippen molar-refractivity contribution in [3.8, 4) is 0 Å². The molecular formula is C27H26F7N5O3. The summed E-state index contributed by atoms with van der Waals surface area (Å²) in [5.74, 6) is -2.85. The summed E-state index contributed by atoms with van der Waals surface area (Å²) < 4.78 is 93.9. The van der Waals surface area contributed by atoms with Crippen LogP contribution in [0.1, 0.15) is 46.0 Å². The van der Waals surface area contributed by atoms with Gasteiger partial charge in [0.1, 0.15) is 11.6 Å². The molecule has 226 valence electrons. The second kappa shape index (κ2) is 11.6. The van der Waals surface area contributed by atoms with Crippen LogP contribution in [0.25, 0.3) is 0 Å². The van der Waals surface area contributed by atoms with E-state index in [1.54, 1.807) is 6.92 Å². The first kappa shape index (κ1) is 30.8. The molecule has 1 saturated heterocycles. The van der Waals surface area contributed by atoms with E-state index < -0.39 is 65.2 Å². The molecule has 0 saturated carbocycles. The van der Waals surface area contributed by atoms with Gasteiger partial charge in [0.25, 0.3) is 0 Å². The number of hydrogen-bond acceptors (Lipinski definition) is 4. The third-order valence-corrected chi connectivity index (χ3v) is 7.23. The predicted molar refractivity (Wildman–Crippen MR) is 134 cm³/mol. The quantitative estimate of drug-likeness (QED) is 0.409. The fraction of sp³-hybridized carbons (Fsp3) is 0.407. The summed E-state index contributed by atoms with van der Waals surface area (Å²) in [6.45, 7) is 1.22. The molecule has 0 bridgehead atoms. The number of amides is 2. The van der Waals surface area contributed by atoms with Gasteiger partial charge in [0.15, 0.2) is 0 Å². The van der Waals surface area contributed by atoms with Gasteiger partial charge in [0.05, 0.1) is 17.5 Å². The van der Waals surface area contributed by atoms with Gasteiger partial charge < -0.3 is 9.80 Å². The molecule has 1 fully saturated rings. The summed E-state index contributed by atoms with van der Waals surface area (Å²) in [6.07, 6.45) is -10.2. The Labute approximate surface area is 234 Å². The van der Waals surface area contributed by atoms with Crippen molar-refractivity contribution in [1.82, 2.24) is 25.0 Å². The molecule has 8 nitrogen and oxygen atoms in total. The first-order chi connectivity index (χ1) is 19.5. The summed E-state index contributed by atoms with van der Waals surface area (Å²) in [5.41, 5.74) is -2.86. The van der Waals surface area contributed by atoms with Crippen molar-refractivity contribution in [2.24, 2.45) is 5.92 Å². The summed E-state index contributed by atoms with van der Waals surface area (Å²) in [4.78, 5) is 42.8. The Kier molecular flexibility index (Phi) is 8.51. The van der Waals surface area contributed by atoms with Gasteiger partial charge in [-0.3, -0.25) is 14.6 Å². The van der Waals surface area contributed by atoms with Crippen molar-refractivity contribution >= 4 is 11.8 Å². The first-order valence-corrected chi connectivity index (χ1v) is 12.7. The molecule has 3 aromatic rings. The summed E-state index contributed by atoms with van der Waals surface area (Å²) in [5, 5.41) is 5.88. The van der Waals surface area contributed by atoms with Crippen LogP contribution >= 0.6 is 0 Å². The van der Waals surface area contributed by atoms with E-state index in [4.69, 9.17) is 0 Å². The number of benzene rings is 2. The molecule has 0 radical (unpaired) electrons. The monoisotopic (exact) mass is 601 g/mol. The van der Waals surface area contributed by atoms with Gasteiger partial charge in [-0.05, 0) is 60.4 Å². The lowest BCUT2D eigenvalue weighted by molar-refractivity contribution is -0.143. The number of alkyl halides is 6. The van der Waals surface area contributed by atoms with Gasteiger partial charge in [-0.2, -0.15) is 31.4 Å². The second-order valence-corrected chi connectivity index (χ2v) is 10.3. The van der Waals surface area contributed by atoms with Crippen molar-refractivity contribution in [3.05, 3.63) is 86.3 Å². The van der Waals surface area contributed by atoms with Crippen molar-refractivity contribution in [2.75, 3.05) is 20.1 Å². The number of aromatic nitrogens is 3. The van der Waals surface area contributed by atoms with Crippen molar-refractivity contribution in [1.29, 1.82) is 0 Å². The number of rotatable bonds is 6. The lowest BCUT2D eigenvalue weighted by Gasteiger charge is -2.40. The lowest BCUT2D eigenvalue weighted by Crippen LogP contribution is -2.48. The lowest BCUT2D eigenvalue weighted by atomic mass is 9.78. The normalized spacial score (nSPS) is 17.8. The van der Waals surface area contributed by atoms with Crippen LogP contribution in [0.15, 0.2) is 41.2 Å². The number of nitrogens with zero attached hydrogens (tertiary/aromatic N) is 3. The van der Waals surface area contributed by atoms with E-state index in [9.17, 15) is 45.1 Å². The van der Waals surface area contributed by atoms with Crippen LogP contribution in [0.4, 0.5) is 30.7 Å². The van der Waals surface area contributed by atoms with Crippen molar-refractivity contribution in [3.63, 3.8) is 0 Å². The Balaban J connectivity index is 1.60. The smallest absolute Gasteiger partial charge is 0.342 e. The van der Waals surface area contributed by atoms with Gasteiger partial charge in [-0.25, -0.2) is 14.3 Å². The van der Waals surface area contributed by atoms with E-state index in [0.29, 0.717) is 23.3 Å². The van der Waals surface area contributed by atoms with Gasteiger partial charge >= 0.3 is 18.0 Å². The molecular weight excluding hydrogens is 575 g/mol. The Morgan fingerprint density at radius 3 is 2.24 bits per heavy atom. The number of carbonyl (C=O) groups excluding carboxylic acids is 2. The zero-order valence-corrected chi connectivity index (χ0v) is 22.4. The topological polar surface area (TPSA) is 102 Å². The molecule has 0 aliphatic carbocycles. The second-order valence-electron chi connectivity index (χ2n) is 10.3. The predicted octanol–water partition coefficient (Wildman–Crippen LogP) is 4.42. The molecule has 4 rings (SSSR count). The average molecular weight is 602 g/mol. The Hall–Kier alpha value is -4.17. The third-order valence-electron chi connectivity index (χ3n) is 7.23. The van der Waals surface area contributed by atoms with E-state index in [-0.39, 0.29) is 43.4 Å². The average Bonchev–Trinajstić information content (AvgIpc) is 3.31. The van der Waals surface area contributed by atoms with E-state index in [0.717, 1.165) is 4.90 Å². The highest BCUT2D eigenvalue weighted by molar-refractivity contribution is 5.82. The minimum Gasteiger partial charge on any atom is -0.342 e. The van der Waals surface area contributed by atoms with Crippen LogP contribution in [-0.2, 0) is 34.9 Å². The van der Waals surface area contributed by atoms with E-state index >= 15 is 0 Å². The minimum atomic E-state index is -5.04. The van der Waals surface area contributed by atoms with Crippen molar-refractivity contribution < 1.29 is 40.3 Å². The summed E-state index contributed by atoms with van der Waals surface area (Å²) in [7, 11) is 1.27. The number of hydrogen-bond donors (Lipinski definition) is 2. The summed E-state index contributed by atoms with van der Waals surface area (Å²) in [6, 6.07) is 5.10. The zero-order valence-electron chi connectivity index (χ0n) is 22.4. The summed E-state index contributed by atoms with van der Waals surface area (Å²) >= 11 is 0. The maximum absolute atomic E-state index is 13.9.